The molecule has 4 rings (SSSR count). The first-order chi connectivity index (χ1) is 12.1. The van der Waals surface area contributed by atoms with Gasteiger partial charge in [0, 0.05) is 19.6 Å². The van der Waals surface area contributed by atoms with E-state index in [0.717, 1.165) is 30.4 Å². The minimum Gasteiger partial charge on any atom is -0.331 e. The Bertz CT molecular complexity index is 823. The second kappa shape index (κ2) is 6.28. The van der Waals surface area contributed by atoms with Crippen LogP contribution in [0.25, 0.3) is 0 Å². The van der Waals surface area contributed by atoms with Crippen LogP contribution in [0, 0.1) is 12.9 Å². The van der Waals surface area contributed by atoms with Crippen molar-refractivity contribution in [3.05, 3.63) is 52.1 Å². The fraction of sp³-hybridized carbons (Fsp3) is 0.500. The summed E-state index contributed by atoms with van der Waals surface area (Å²) < 4.78 is 15.5. The standard InChI is InChI=1S/C20H24FN3O/c1-13-18(19(21)23(2)22-13)20(25)24(16-10-11-16)12-15-8-5-7-14-6-3-4-9-17(14)15/h5,7-8,16H,3-4,6,9-12H2,1-2H3. The van der Waals surface area contributed by atoms with Gasteiger partial charge in [0.1, 0.15) is 5.56 Å². The summed E-state index contributed by atoms with van der Waals surface area (Å²) in [6.45, 7) is 2.27. The first-order valence-electron chi connectivity index (χ1n) is 9.16. The lowest BCUT2D eigenvalue weighted by Gasteiger charge is -2.26. The first-order valence-corrected chi connectivity index (χ1v) is 9.16. The van der Waals surface area contributed by atoms with Crippen LogP contribution >= 0.6 is 0 Å². The van der Waals surface area contributed by atoms with Gasteiger partial charge in [-0.25, -0.2) is 4.68 Å². The molecule has 2 aliphatic carbocycles. The zero-order valence-corrected chi connectivity index (χ0v) is 14.9. The summed E-state index contributed by atoms with van der Waals surface area (Å²) in [5, 5.41) is 4.07. The number of amides is 1. The van der Waals surface area contributed by atoms with Crippen molar-refractivity contribution in [3.8, 4) is 0 Å². The van der Waals surface area contributed by atoms with Gasteiger partial charge in [0.25, 0.3) is 5.91 Å². The van der Waals surface area contributed by atoms with E-state index in [-0.39, 0.29) is 17.5 Å². The fourth-order valence-electron chi connectivity index (χ4n) is 3.96. The van der Waals surface area contributed by atoms with Crippen LogP contribution in [0.2, 0.25) is 0 Å². The molecule has 1 heterocycles. The van der Waals surface area contributed by atoms with Crippen LogP contribution in [0.5, 0.6) is 0 Å². The maximum absolute atomic E-state index is 14.4. The maximum Gasteiger partial charge on any atom is 0.260 e. The highest BCUT2D eigenvalue weighted by Crippen LogP contribution is 2.33. The first kappa shape index (κ1) is 16.3. The molecule has 0 aliphatic heterocycles. The van der Waals surface area contributed by atoms with E-state index in [1.807, 2.05) is 4.90 Å². The third kappa shape index (κ3) is 2.96. The lowest BCUT2D eigenvalue weighted by atomic mass is 9.88. The predicted octanol–water partition coefficient (Wildman–Crippen LogP) is 3.55. The number of carbonyl (C=O) groups excluding carboxylic acids is 1. The molecule has 132 valence electrons. The van der Waals surface area contributed by atoms with Crippen molar-refractivity contribution in [1.29, 1.82) is 0 Å². The number of aryl methyl sites for hydroxylation is 3. The number of hydrogen-bond donors (Lipinski definition) is 0. The molecule has 0 saturated heterocycles. The molecule has 0 unspecified atom stereocenters. The van der Waals surface area contributed by atoms with Crippen molar-refractivity contribution >= 4 is 5.91 Å². The van der Waals surface area contributed by atoms with Crippen LogP contribution in [0.4, 0.5) is 4.39 Å². The van der Waals surface area contributed by atoms with Crippen LogP contribution in [0.3, 0.4) is 0 Å². The maximum atomic E-state index is 14.4. The van der Waals surface area contributed by atoms with Gasteiger partial charge in [0.15, 0.2) is 0 Å². The average molecular weight is 341 g/mol. The van der Waals surface area contributed by atoms with Gasteiger partial charge in [-0.3, -0.25) is 4.79 Å². The van der Waals surface area contributed by atoms with Crippen molar-refractivity contribution in [1.82, 2.24) is 14.7 Å². The van der Waals surface area contributed by atoms with E-state index in [2.05, 4.69) is 23.3 Å². The molecule has 5 heteroatoms. The molecule has 2 aromatic rings. The normalized spacial score (nSPS) is 16.6. The number of rotatable bonds is 4. The number of aromatic nitrogens is 2. The molecule has 1 aromatic heterocycles. The predicted molar refractivity (Wildman–Crippen MR) is 93.9 cm³/mol. The topological polar surface area (TPSA) is 38.1 Å². The smallest absolute Gasteiger partial charge is 0.260 e. The molecule has 0 radical (unpaired) electrons. The molecule has 1 fully saturated rings. The van der Waals surface area contributed by atoms with Crippen LogP contribution in [0.15, 0.2) is 18.2 Å². The van der Waals surface area contributed by atoms with Gasteiger partial charge in [-0.2, -0.15) is 9.49 Å². The second-order valence-electron chi connectivity index (χ2n) is 7.30. The Kier molecular flexibility index (Phi) is 4.10. The van der Waals surface area contributed by atoms with Gasteiger partial charge in [-0.1, -0.05) is 18.2 Å². The van der Waals surface area contributed by atoms with E-state index in [4.69, 9.17) is 0 Å². The Morgan fingerprint density at radius 1 is 1.32 bits per heavy atom. The Balaban J connectivity index is 1.66. The van der Waals surface area contributed by atoms with E-state index in [1.165, 1.54) is 36.6 Å². The summed E-state index contributed by atoms with van der Waals surface area (Å²) in [6, 6.07) is 6.64. The van der Waals surface area contributed by atoms with Crippen LogP contribution in [0.1, 0.15) is 58.4 Å². The Morgan fingerprint density at radius 3 is 2.76 bits per heavy atom. The molecule has 1 aromatic carbocycles. The molecule has 0 bridgehead atoms. The summed E-state index contributed by atoms with van der Waals surface area (Å²) in [6.07, 6.45) is 6.65. The van der Waals surface area contributed by atoms with Gasteiger partial charge >= 0.3 is 0 Å². The zero-order chi connectivity index (χ0) is 17.6. The van der Waals surface area contributed by atoms with Crippen molar-refractivity contribution in [3.63, 3.8) is 0 Å². The zero-order valence-electron chi connectivity index (χ0n) is 14.9. The lowest BCUT2D eigenvalue weighted by molar-refractivity contribution is 0.0723. The van der Waals surface area contributed by atoms with Gasteiger partial charge in [-0.05, 0) is 62.1 Å². The largest absolute Gasteiger partial charge is 0.331 e. The van der Waals surface area contributed by atoms with E-state index in [9.17, 15) is 9.18 Å². The molecule has 0 atom stereocenters. The third-order valence-corrected chi connectivity index (χ3v) is 5.45. The van der Waals surface area contributed by atoms with Crippen molar-refractivity contribution < 1.29 is 9.18 Å². The third-order valence-electron chi connectivity index (χ3n) is 5.45. The fourth-order valence-corrected chi connectivity index (χ4v) is 3.96. The van der Waals surface area contributed by atoms with Crippen molar-refractivity contribution in [2.75, 3.05) is 0 Å². The van der Waals surface area contributed by atoms with Crippen LogP contribution in [-0.2, 0) is 26.4 Å². The summed E-state index contributed by atoms with van der Waals surface area (Å²) in [5.74, 6) is -0.762. The number of halogens is 1. The highest BCUT2D eigenvalue weighted by atomic mass is 19.1. The molecule has 1 amide bonds. The summed E-state index contributed by atoms with van der Waals surface area (Å²) in [4.78, 5) is 14.9. The molecular weight excluding hydrogens is 317 g/mol. The highest BCUT2D eigenvalue weighted by molar-refractivity contribution is 5.95. The number of carbonyl (C=O) groups is 1. The minimum atomic E-state index is -0.539. The van der Waals surface area contributed by atoms with Gasteiger partial charge < -0.3 is 4.90 Å². The van der Waals surface area contributed by atoms with Gasteiger partial charge in [0.2, 0.25) is 5.95 Å². The quantitative estimate of drug-likeness (QED) is 0.853. The van der Waals surface area contributed by atoms with E-state index < -0.39 is 5.95 Å². The van der Waals surface area contributed by atoms with E-state index in [0.29, 0.717) is 12.2 Å². The number of hydrogen-bond acceptors (Lipinski definition) is 2. The Hall–Kier alpha value is -2.17. The summed E-state index contributed by atoms with van der Waals surface area (Å²) in [5.41, 5.74) is 4.62. The molecule has 1 saturated carbocycles. The minimum absolute atomic E-state index is 0.124. The monoisotopic (exact) mass is 341 g/mol. The van der Waals surface area contributed by atoms with Crippen LogP contribution in [-0.4, -0.2) is 26.6 Å². The molecule has 25 heavy (non-hydrogen) atoms. The van der Waals surface area contributed by atoms with Crippen LogP contribution < -0.4 is 0 Å². The summed E-state index contributed by atoms with van der Waals surface area (Å²) >= 11 is 0. The average Bonchev–Trinajstić information content (AvgIpc) is 3.40. The van der Waals surface area contributed by atoms with Gasteiger partial charge in [0.05, 0.1) is 5.69 Å². The van der Waals surface area contributed by atoms with Gasteiger partial charge in [-0.15, -0.1) is 0 Å². The van der Waals surface area contributed by atoms with Crippen molar-refractivity contribution in [2.24, 2.45) is 7.05 Å². The molecular formula is C20H24FN3O. The lowest BCUT2D eigenvalue weighted by Crippen LogP contribution is -2.34. The molecule has 2 aliphatic rings. The number of nitrogens with zero attached hydrogens (tertiary/aromatic N) is 3. The van der Waals surface area contributed by atoms with Crippen molar-refractivity contribution in [2.45, 2.75) is 58.0 Å². The second-order valence-corrected chi connectivity index (χ2v) is 7.30. The Labute approximate surface area is 147 Å². The Morgan fingerprint density at radius 2 is 2.08 bits per heavy atom. The number of benzene rings is 1. The van der Waals surface area contributed by atoms with E-state index in [1.54, 1.807) is 6.92 Å². The van der Waals surface area contributed by atoms with E-state index >= 15 is 0 Å². The summed E-state index contributed by atoms with van der Waals surface area (Å²) in [7, 11) is 1.54. The highest BCUT2D eigenvalue weighted by Gasteiger charge is 2.36. The number of fused-ring (bicyclic) bond motifs is 1. The SMILES string of the molecule is Cc1nn(C)c(F)c1C(=O)N(Cc1cccc2c1CCCC2)C1CC1. The molecule has 0 spiro atoms. The molecule has 4 nitrogen and oxygen atoms in total. The molecule has 0 N–H and O–H groups in total.